The van der Waals surface area contributed by atoms with Crippen LogP contribution in [0.25, 0.3) is 0 Å². The van der Waals surface area contributed by atoms with E-state index in [0.717, 1.165) is 54.1 Å². The highest BCUT2D eigenvalue weighted by Crippen LogP contribution is 2.42. The monoisotopic (exact) mass is 327 g/mol. The van der Waals surface area contributed by atoms with Crippen molar-refractivity contribution in [3.05, 3.63) is 40.3 Å². The maximum Gasteiger partial charge on any atom is 0.192 e. The molecule has 0 spiro atoms. The minimum absolute atomic E-state index is 0.850. The van der Waals surface area contributed by atoms with Gasteiger partial charge >= 0.3 is 0 Å². The third kappa shape index (κ3) is 2.75. The van der Waals surface area contributed by atoms with E-state index in [1.807, 2.05) is 6.07 Å². The lowest BCUT2D eigenvalue weighted by Gasteiger charge is -2.34. The molecule has 120 valence electrons. The number of amidine groups is 1. The largest absolute Gasteiger partial charge is 0.444 e. The quantitative estimate of drug-likeness (QED) is 0.737. The number of ether oxygens (including phenoxy) is 1. The molecule has 0 unspecified atom stereocenters. The van der Waals surface area contributed by atoms with Gasteiger partial charge in [-0.15, -0.1) is 11.3 Å². The van der Waals surface area contributed by atoms with Crippen molar-refractivity contribution in [3.8, 4) is 10.8 Å². The Labute approximate surface area is 141 Å². The minimum atomic E-state index is 0.850. The molecule has 2 aliphatic rings. The van der Waals surface area contributed by atoms with E-state index in [1.165, 1.54) is 10.4 Å². The number of hydrogen-bond donors (Lipinski definition) is 0. The van der Waals surface area contributed by atoms with Gasteiger partial charge in [-0.2, -0.15) is 0 Å². The van der Waals surface area contributed by atoms with E-state index in [2.05, 4.69) is 48.9 Å². The fourth-order valence-electron chi connectivity index (χ4n) is 3.06. The predicted octanol–water partition coefficient (Wildman–Crippen LogP) is 3.80. The van der Waals surface area contributed by atoms with Gasteiger partial charge in [0.2, 0.25) is 0 Å². The molecule has 0 saturated carbocycles. The molecule has 4 nitrogen and oxygen atoms in total. The lowest BCUT2D eigenvalue weighted by atomic mass is 10.2. The van der Waals surface area contributed by atoms with Gasteiger partial charge in [0.15, 0.2) is 10.8 Å². The van der Waals surface area contributed by atoms with E-state index < -0.39 is 0 Å². The summed E-state index contributed by atoms with van der Waals surface area (Å²) in [6, 6.07) is 8.42. The van der Waals surface area contributed by atoms with Crippen molar-refractivity contribution in [1.29, 1.82) is 0 Å². The summed E-state index contributed by atoms with van der Waals surface area (Å²) in [6.45, 7) is 8.37. The minimum Gasteiger partial charge on any atom is -0.444 e. The number of fused-ring (bicyclic) bond motifs is 2. The van der Waals surface area contributed by atoms with Crippen LogP contribution in [-0.2, 0) is 0 Å². The zero-order valence-electron chi connectivity index (χ0n) is 13.8. The van der Waals surface area contributed by atoms with Crippen molar-refractivity contribution in [2.45, 2.75) is 13.8 Å². The van der Waals surface area contributed by atoms with Gasteiger partial charge in [0.25, 0.3) is 0 Å². The van der Waals surface area contributed by atoms with E-state index >= 15 is 0 Å². The number of benzene rings is 1. The van der Waals surface area contributed by atoms with E-state index in [4.69, 9.17) is 9.73 Å². The van der Waals surface area contributed by atoms with Crippen molar-refractivity contribution < 1.29 is 4.74 Å². The molecule has 23 heavy (non-hydrogen) atoms. The van der Waals surface area contributed by atoms with Crippen LogP contribution in [0.2, 0.25) is 0 Å². The Bertz CT molecular complexity index is 773. The molecule has 2 aliphatic heterocycles. The topological polar surface area (TPSA) is 28.1 Å². The molecular weight excluding hydrogens is 306 g/mol. The van der Waals surface area contributed by atoms with Crippen LogP contribution in [0.5, 0.6) is 10.8 Å². The van der Waals surface area contributed by atoms with Crippen molar-refractivity contribution in [2.75, 3.05) is 33.2 Å². The molecule has 0 radical (unpaired) electrons. The van der Waals surface area contributed by atoms with Crippen molar-refractivity contribution in [1.82, 2.24) is 9.80 Å². The molecule has 0 bridgehead atoms. The number of aryl methyl sites for hydroxylation is 2. The first kappa shape index (κ1) is 14.7. The summed E-state index contributed by atoms with van der Waals surface area (Å²) in [5.41, 5.74) is 3.26. The van der Waals surface area contributed by atoms with Gasteiger partial charge in [0.1, 0.15) is 11.5 Å². The Morgan fingerprint density at radius 1 is 1.09 bits per heavy atom. The zero-order valence-corrected chi connectivity index (χ0v) is 14.6. The number of rotatable bonds is 0. The fraction of sp³-hybridized carbons (Fsp3) is 0.389. The van der Waals surface area contributed by atoms with Crippen LogP contribution < -0.4 is 4.74 Å². The maximum atomic E-state index is 6.19. The molecule has 4 rings (SSSR count). The standard InChI is InChI=1S/C18H21N3OS/c1-12-4-5-16-15(10-12)19-17(21-8-6-20(3)7-9-21)14-11-13(2)23-18(14)22-16/h4-5,10-11H,6-9H2,1-3H3. The van der Waals surface area contributed by atoms with Crippen LogP contribution in [0.1, 0.15) is 16.0 Å². The third-order valence-electron chi connectivity index (χ3n) is 4.41. The van der Waals surface area contributed by atoms with E-state index in [0.29, 0.717) is 0 Å². The smallest absolute Gasteiger partial charge is 0.192 e. The van der Waals surface area contributed by atoms with Crippen LogP contribution in [0.15, 0.2) is 29.3 Å². The Morgan fingerprint density at radius 3 is 2.65 bits per heavy atom. The van der Waals surface area contributed by atoms with Gasteiger partial charge in [-0.05, 0) is 44.7 Å². The summed E-state index contributed by atoms with van der Waals surface area (Å²) >= 11 is 1.70. The average Bonchev–Trinajstić information content (AvgIpc) is 2.82. The highest BCUT2D eigenvalue weighted by molar-refractivity contribution is 7.14. The van der Waals surface area contributed by atoms with Gasteiger partial charge in [-0.25, -0.2) is 4.99 Å². The molecule has 3 heterocycles. The van der Waals surface area contributed by atoms with E-state index in [-0.39, 0.29) is 0 Å². The van der Waals surface area contributed by atoms with Gasteiger partial charge in [-0.3, -0.25) is 0 Å². The zero-order chi connectivity index (χ0) is 16.0. The first-order chi connectivity index (χ1) is 11.1. The first-order valence-corrected chi connectivity index (χ1v) is 8.83. The van der Waals surface area contributed by atoms with E-state index in [1.54, 1.807) is 11.3 Å². The second-order valence-corrected chi connectivity index (χ2v) is 7.58. The number of aliphatic imine (C=N–C) groups is 1. The van der Waals surface area contributed by atoms with Gasteiger partial charge < -0.3 is 14.5 Å². The molecule has 1 aromatic heterocycles. The van der Waals surface area contributed by atoms with Gasteiger partial charge in [0, 0.05) is 31.1 Å². The second kappa shape index (κ2) is 5.65. The molecule has 0 N–H and O–H groups in total. The van der Waals surface area contributed by atoms with Gasteiger partial charge in [0.05, 0.1) is 5.56 Å². The van der Waals surface area contributed by atoms with Crippen LogP contribution in [0.4, 0.5) is 5.69 Å². The molecule has 1 aromatic carbocycles. The Kier molecular flexibility index (Phi) is 3.62. The second-order valence-electron chi connectivity index (χ2n) is 6.36. The van der Waals surface area contributed by atoms with Gasteiger partial charge in [-0.1, -0.05) is 6.07 Å². The van der Waals surface area contributed by atoms with Crippen molar-refractivity contribution in [2.24, 2.45) is 4.99 Å². The van der Waals surface area contributed by atoms with Crippen LogP contribution in [0, 0.1) is 13.8 Å². The predicted molar refractivity (Wildman–Crippen MR) is 95.6 cm³/mol. The summed E-state index contributed by atoms with van der Waals surface area (Å²) in [5, 5.41) is 0.961. The fourth-order valence-corrected chi connectivity index (χ4v) is 3.92. The Hall–Kier alpha value is -1.85. The molecule has 0 atom stereocenters. The average molecular weight is 327 g/mol. The molecule has 2 aromatic rings. The number of hydrogen-bond acceptors (Lipinski definition) is 5. The summed E-state index contributed by atoms with van der Waals surface area (Å²) in [5.74, 6) is 1.91. The number of piperazine rings is 1. The Balaban J connectivity index is 1.82. The van der Waals surface area contributed by atoms with Crippen LogP contribution in [0.3, 0.4) is 0 Å². The molecule has 5 heteroatoms. The lowest BCUT2D eigenvalue weighted by molar-refractivity contribution is 0.216. The summed E-state index contributed by atoms with van der Waals surface area (Å²) in [6.07, 6.45) is 0. The summed E-state index contributed by atoms with van der Waals surface area (Å²) in [7, 11) is 2.17. The molecule has 0 aliphatic carbocycles. The molecule has 1 fully saturated rings. The first-order valence-electron chi connectivity index (χ1n) is 8.01. The molecule has 0 amide bonds. The summed E-state index contributed by atoms with van der Waals surface area (Å²) < 4.78 is 6.19. The van der Waals surface area contributed by atoms with E-state index in [9.17, 15) is 0 Å². The highest BCUT2D eigenvalue weighted by atomic mass is 32.1. The molecular formula is C18H21N3OS. The third-order valence-corrected chi connectivity index (χ3v) is 5.34. The number of nitrogens with zero attached hydrogens (tertiary/aromatic N) is 3. The SMILES string of the molecule is Cc1ccc2c(c1)N=C(N1CCN(C)CC1)c1cc(C)sc1O2. The van der Waals surface area contributed by atoms with Crippen molar-refractivity contribution in [3.63, 3.8) is 0 Å². The normalized spacial score (nSPS) is 17.9. The maximum absolute atomic E-state index is 6.19. The number of thiophene rings is 1. The van der Waals surface area contributed by atoms with Crippen LogP contribution in [-0.4, -0.2) is 48.9 Å². The Morgan fingerprint density at radius 2 is 1.87 bits per heavy atom. The lowest BCUT2D eigenvalue weighted by Crippen LogP contribution is -2.47. The number of likely N-dealkylation sites (N-methyl/N-ethyl adjacent to an activating group) is 1. The van der Waals surface area contributed by atoms with Crippen molar-refractivity contribution >= 4 is 22.9 Å². The van der Waals surface area contributed by atoms with Crippen LogP contribution >= 0.6 is 11.3 Å². The molecule has 1 saturated heterocycles. The summed E-state index contributed by atoms with van der Waals surface area (Å²) in [4.78, 5) is 11.0. The highest BCUT2D eigenvalue weighted by Gasteiger charge is 2.26.